The third-order valence-electron chi connectivity index (χ3n) is 4.55. The van der Waals surface area contributed by atoms with Gasteiger partial charge in [-0.3, -0.25) is 14.4 Å². The first-order chi connectivity index (χ1) is 12.6. The first-order valence-electron chi connectivity index (χ1n) is 8.64. The molecule has 2 heterocycles. The molecule has 0 bridgehead atoms. The summed E-state index contributed by atoms with van der Waals surface area (Å²) in [4.78, 5) is 39.4. The van der Waals surface area contributed by atoms with Crippen molar-refractivity contribution in [3.63, 3.8) is 0 Å². The fourth-order valence-corrected chi connectivity index (χ4v) is 3.32. The minimum absolute atomic E-state index is 0. The first-order valence-corrected chi connectivity index (χ1v) is 9.02. The minimum Gasteiger partial charge on any atom is -0.503 e. The molecule has 0 spiro atoms. The molecule has 1 aliphatic rings. The Kier molecular flexibility index (Phi) is 6.82. The number of hydrogen-bond donors (Lipinski definition) is 1. The molecule has 2 aromatic rings. The number of aromatic hydroxyl groups is 1. The second-order valence-corrected chi connectivity index (χ2v) is 8.13. The molecule has 1 aromatic carbocycles. The smallest absolute Gasteiger partial charge is 0.503 e. The maximum Gasteiger partial charge on any atom is 1.00 e. The first kappa shape index (κ1) is 22.7. The van der Waals surface area contributed by atoms with E-state index in [-0.39, 0.29) is 46.6 Å². The second-order valence-electron chi connectivity index (χ2n) is 7.70. The molecule has 0 radical (unpaired) electrons. The van der Waals surface area contributed by atoms with Crippen LogP contribution >= 0.6 is 11.6 Å². The molecule has 0 aliphatic carbocycles. The van der Waals surface area contributed by atoms with Gasteiger partial charge in [0.2, 0.25) is 5.43 Å². The van der Waals surface area contributed by atoms with Crippen LogP contribution in [0.15, 0.2) is 35.3 Å². The predicted molar refractivity (Wildman–Crippen MR) is 102 cm³/mol. The molecule has 6 nitrogen and oxygen atoms in total. The van der Waals surface area contributed by atoms with Crippen LogP contribution in [0.4, 0.5) is 0 Å². The molecular weight excluding hydrogens is 391 g/mol. The number of halogens is 1. The summed E-state index contributed by atoms with van der Waals surface area (Å²) in [6, 6.07) is 7.16. The molecule has 3 rings (SSSR count). The number of rotatable bonds is 3. The molecule has 0 atom stereocenters. The van der Waals surface area contributed by atoms with E-state index in [9.17, 15) is 19.5 Å². The van der Waals surface area contributed by atoms with Gasteiger partial charge in [-0.15, -0.1) is 0 Å². The summed E-state index contributed by atoms with van der Waals surface area (Å²) >= 11 is 5.99. The van der Waals surface area contributed by atoms with Gasteiger partial charge in [0.15, 0.2) is 17.2 Å². The van der Waals surface area contributed by atoms with E-state index in [2.05, 4.69) is 0 Å². The summed E-state index contributed by atoms with van der Waals surface area (Å²) in [7, 11) is 0. The fourth-order valence-electron chi connectivity index (χ4n) is 3.10. The Balaban J connectivity index is 0.00000280. The van der Waals surface area contributed by atoms with Crippen molar-refractivity contribution in [2.75, 3.05) is 6.54 Å². The van der Waals surface area contributed by atoms with Gasteiger partial charge in [-0.1, -0.05) is 44.5 Å². The molecule has 0 saturated carbocycles. The molecule has 1 aromatic heterocycles. The molecule has 8 heteroatoms. The van der Waals surface area contributed by atoms with Crippen LogP contribution in [0.5, 0.6) is 5.75 Å². The third-order valence-corrected chi connectivity index (χ3v) is 4.78. The van der Waals surface area contributed by atoms with Crippen LogP contribution in [0.3, 0.4) is 0 Å². The molecule has 0 unspecified atom stereocenters. The van der Waals surface area contributed by atoms with Crippen molar-refractivity contribution in [3.05, 3.63) is 62.5 Å². The van der Waals surface area contributed by atoms with E-state index in [1.165, 1.54) is 10.8 Å². The van der Waals surface area contributed by atoms with Crippen molar-refractivity contribution >= 4 is 23.3 Å². The minimum atomic E-state index is -0.806. The molecule has 142 valence electrons. The molecule has 1 aliphatic heterocycles. The maximum atomic E-state index is 12.8. The molecular formula is C20H21ClN2NaO4+. The van der Waals surface area contributed by atoms with Crippen LogP contribution in [0.25, 0.3) is 0 Å². The Morgan fingerprint density at radius 2 is 1.89 bits per heavy atom. The van der Waals surface area contributed by atoms with Crippen LogP contribution < -0.4 is 35.0 Å². The SMILES string of the molecule is CC(C)(C)C(=O)c1cn2c(c(O)c1=O)C(=O)N(Cc1cccc(Cl)c1)CC2.[Na+]. The number of carbonyl (C=O) groups is 2. The Labute approximate surface area is 190 Å². The van der Waals surface area contributed by atoms with Crippen LogP contribution in [0.2, 0.25) is 5.02 Å². The van der Waals surface area contributed by atoms with Crippen molar-refractivity contribution in [3.8, 4) is 5.75 Å². The number of ketones is 1. The Bertz CT molecular complexity index is 995. The molecule has 1 amide bonds. The number of nitrogens with zero attached hydrogens (tertiary/aromatic N) is 2. The zero-order valence-corrected chi connectivity index (χ0v) is 19.2. The van der Waals surface area contributed by atoms with Gasteiger partial charge < -0.3 is 14.6 Å². The van der Waals surface area contributed by atoms with E-state index < -0.39 is 22.5 Å². The van der Waals surface area contributed by atoms with E-state index in [1.807, 2.05) is 6.07 Å². The third kappa shape index (κ3) is 4.35. The van der Waals surface area contributed by atoms with E-state index in [4.69, 9.17) is 11.6 Å². The zero-order chi connectivity index (χ0) is 19.9. The summed E-state index contributed by atoms with van der Waals surface area (Å²) in [5.41, 5.74) is -0.902. The number of aromatic nitrogens is 1. The second kappa shape index (κ2) is 8.41. The van der Waals surface area contributed by atoms with Gasteiger partial charge in [-0.2, -0.15) is 0 Å². The summed E-state index contributed by atoms with van der Waals surface area (Å²) in [6.07, 6.45) is 1.39. The van der Waals surface area contributed by atoms with Gasteiger partial charge >= 0.3 is 29.6 Å². The van der Waals surface area contributed by atoms with Crippen molar-refractivity contribution < 1.29 is 44.3 Å². The maximum absolute atomic E-state index is 12.8. The molecule has 0 fully saturated rings. The van der Waals surface area contributed by atoms with Crippen LogP contribution in [0.1, 0.15) is 47.2 Å². The van der Waals surface area contributed by atoms with Crippen LogP contribution in [-0.4, -0.2) is 32.8 Å². The number of fused-ring (bicyclic) bond motifs is 1. The largest absolute Gasteiger partial charge is 1.00 e. The fraction of sp³-hybridized carbons (Fsp3) is 0.350. The van der Waals surface area contributed by atoms with E-state index in [0.29, 0.717) is 24.7 Å². The van der Waals surface area contributed by atoms with Gasteiger partial charge in [-0.25, -0.2) is 0 Å². The number of carbonyl (C=O) groups excluding carboxylic acids is 2. The summed E-state index contributed by atoms with van der Waals surface area (Å²) < 4.78 is 1.49. The Morgan fingerprint density at radius 3 is 2.50 bits per heavy atom. The number of benzene rings is 1. The van der Waals surface area contributed by atoms with Crippen molar-refractivity contribution in [2.24, 2.45) is 5.41 Å². The van der Waals surface area contributed by atoms with Crippen molar-refractivity contribution in [1.82, 2.24) is 9.47 Å². The molecule has 1 N–H and O–H groups in total. The average molecular weight is 412 g/mol. The van der Waals surface area contributed by atoms with Gasteiger partial charge in [-0.05, 0) is 17.7 Å². The van der Waals surface area contributed by atoms with Crippen molar-refractivity contribution in [1.29, 1.82) is 0 Å². The quantitative estimate of drug-likeness (QED) is 0.574. The van der Waals surface area contributed by atoms with Gasteiger partial charge in [0, 0.05) is 36.3 Å². The zero-order valence-electron chi connectivity index (χ0n) is 16.5. The standard InChI is InChI=1S/C20H21ClN2O4.Na/c1-20(2,3)18(26)14-11-22-7-8-23(10-12-5-4-6-13(21)9-12)19(27)15(22)17(25)16(14)24;/h4-6,9,11,25H,7-8,10H2,1-3H3;/q;+1. The number of pyridine rings is 1. The normalized spacial score (nSPS) is 13.7. The van der Waals surface area contributed by atoms with Gasteiger partial charge in [0.1, 0.15) is 0 Å². The number of hydrogen-bond acceptors (Lipinski definition) is 4. The number of amides is 1. The average Bonchev–Trinajstić information content (AvgIpc) is 2.59. The Morgan fingerprint density at radius 1 is 1.21 bits per heavy atom. The summed E-state index contributed by atoms with van der Waals surface area (Å²) in [5.74, 6) is -1.50. The number of Topliss-reactive ketones (excluding diaryl/α,β-unsaturated/α-hetero) is 1. The Hall–Kier alpha value is -1.60. The van der Waals surface area contributed by atoms with E-state index in [0.717, 1.165) is 5.56 Å². The van der Waals surface area contributed by atoms with Gasteiger partial charge in [0.05, 0.1) is 5.56 Å². The predicted octanol–water partition coefficient (Wildman–Crippen LogP) is 0.0961. The van der Waals surface area contributed by atoms with Crippen molar-refractivity contribution in [2.45, 2.75) is 33.9 Å². The molecule has 28 heavy (non-hydrogen) atoms. The van der Waals surface area contributed by atoms with Gasteiger partial charge in [0.25, 0.3) is 5.91 Å². The van der Waals surface area contributed by atoms with E-state index in [1.54, 1.807) is 43.9 Å². The van der Waals surface area contributed by atoms with Crippen LogP contribution in [0, 0.1) is 5.41 Å². The molecule has 0 saturated heterocycles. The van der Waals surface area contributed by atoms with Crippen LogP contribution in [-0.2, 0) is 13.1 Å². The topological polar surface area (TPSA) is 79.6 Å². The summed E-state index contributed by atoms with van der Waals surface area (Å²) in [5, 5.41) is 11.0. The summed E-state index contributed by atoms with van der Waals surface area (Å²) in [6.45, 7) is 6.19. The van der Waals surface area contributed by atoms with E-state index >= 15 is 0 Å². The monoisotopic (exact) mass is 411 g/mol.